The van der Waals surface area contributed by atoms with E-state index in [9.17, 15) is 4.79 Å². The predicted octanol–water partition coefficient (Wildman–Crippen LogP) is 2.67. The number of aliphatic carboxylic acids is 1. The summed E-state index contributed by atoms with van der Waals surface area (Å²) >= 11 is 3.33. The van der Waals surface area contributed by atoms with Crippen LogP contribution < -0.4 is 10.5 Å². The van der Waals surface area contributed by atoms with Crippen LogP contribution in [0.4, 0.5) is 0 Å². The minimum Gasteiger partial charge on any atom is -0.496 e. The maximum Gasteiger partial charge on any atom is 0.325 e. The lowest BCUT2D eigenvalue weighted by atomic mass is 9.97. The molecular formula is C12H16BrNO3. The van der Waals surface area contributed by atoms with Crippen molar-refractivity contribution in [1.82, 2.24) is 0 Å². The molecule has 0 heterocycles. The molecule has 0 spiro atoms. The van der Waals surface area contributed by atoms with Gasteiger partial charge in [0.2, 0.25) is 0 Å². The molecule has 0 aliphatic carbocycles. The molecule has 0 radical (unpaired) electrons. The van der Waals surface area contributed by atoms with Gasteiger partial charge in [0.05, 0.1) is 11.6 Å². The quantitative estimate of drug-likeness (QED) is 0.897. The lowest BCUT2D eigenvalue weighted by Crippen LogP contribution is -2.21. The number of ether oxygens (including phenoxy) is 1. The van der Waals surface area contributed by atoms with Gasteiger partial charge in [0.15, 0.2) is 0 Å². The maximum atomic E-state index is 10.9. The molecule has 17 heavy (non-hydrogen) atoms. The van der Waals surface area contributed by atoms with Crippen molar-refractivity contribution >= 4 is 21.9 Å². The van der Waals surface area contributed by atoms with Crippen molar-refractivity contribution in [3.8, 4) is 5.75 Å². The summed E-state index contributed by atoms with van der Waals surface area (Å²) in [5.41, 5.74) is 7.17. The Bertz CT molecular complexity index is 432. The largest absolute Gasteiger partial charge is 0.496 e. The zero-order chi connectivity index (χ0) is 13.2. The van der Waals surface area contributed by atoms with E-state index in [1.165, 1.54) is 0 Å². The molecule has 0 saturated carbocycles. The van der Waals surface area contributed by atoms with Crippen molar-refractivity contribution in [3.05, 3.63) is 27.7 Å². The fraction of sp³-hybridized carbons (Fsp3) is 0.417. The molecule has 5 heteroatoms. The molecule has 94 valence electrons. The second-order valence-electron chi connectivity index (χ2n) is 4.10. The Kier molecular flexibility index (Phi) is 4.54. The number of hydrogen-bond acceptors (Lipinski definition) is 3. The first kappa shape index (κ1) is 14.0. The van der Waals surface area contributed by atoms with Crippen LogP contribution in [0.25, 0.3) is 0 Å². The number of carbonyl (C=O) groups is 1. The number of rotatable bonds is 4. The SMILES string of the molecule is COc1cc(C(C)C)cc(C(N)C(=O)O)c1Br. The van der Waals surface area contributed by atoms with Crippen molar-refractivity contribution in [2.45, 2.75) is 25.8 Å². The Balaban J connectivity index is 3.37. The van der Waals surface area contributed by atoms with Gasteiger partial charge in [-0.3, -0.25) is 4.79 Å². The summed E-state index contributed by atoms with van der Waals surface area (Å²) in [7, 11) is 1.54. The molecule has 0 saturated heterocycles. The predicted molar refractivity (Wildman–Crippen MR) is 69.3 cm³/mol. The van der Waals surface area contributed by atoms with Gasteiger partial charge in [-0.2, -0.15) is 0 Å². The van der Waals surface area contributed by atoms with Gasteiger partial charge in [-0.15, -0.1) is 0 Å². The lowest BCUT2D eigenvalue weighted by molar-refractivity contribution is -0.138. The number of methoxy groups -OCH3 is 1. The standard InChI is InChI=1S/C12H16BrNO3/c1-6(2)7-4-8(11(14)12(15)16)10(13)9(5-7)17-3/h4-6,11H,14H2,1-3H3,(H,15,16). The highest BCUT2D eigenvalue weighted by Gasteiger charge is 2.21. The van der Waals surface area contributed by atoms with Gasteiger partial charge in [-0.1, -0.05) is 19.9 Å². The van der Waals surface area contributed by atoms with Crippen LogP contribution in [0.15, 0.2) is 16.6 Å². The Morgan fingerprint density at radius 2 is 2.06 bits per heavy atom. The average molecular weight is 302 g/mol. The zero-order valence-electron chi connectivity index (χ0n) is 10.0. The summed E-state index contributed by atoms with van der Waals surface area (Å²) in [6, 6.07) is 2.63. The van der Waals surface area contributed by atoms with E-state index < -0.39 is 12.0 Å². The monoisotopic (exact) mass is 301 g/mol. The summed E-state index contributed by atoms with van der Waals surface area (Å²) in [6.07, 6.45) is 0. The first-order valence-electron chi connectivity index (χ1n) is 5.24. The molecule has 1 aromatic rings. The molecule has 1 aromatic carbocycles. The third-order valence-corrected chi connectivity index (χ3v) is 3.43. The van der Waals surface area contributed by atoms with Crippen LogP contribution in [0.2, 0.25) is 0 Å². The van der Waals surface area contributed by atoms with E-state index >= 15 is 0 Å². The van der Waals surface area contributed by atoms with Crippen LogP contribution in [0, 0.1) is 0 Å². The van der Waals surface area contributed by atoms with Gasteiger partial charge < -0.3 is 15.6 Å². The van der Waals surface area contributed by atoms with E-state index in [0.717, 1.165) is 5.56 Å². The van der Waals surface area contributed by atoms with E-state index in [-0.39, 0.29) is 5.92 Å². The van der Waals surface area contributed by atoms with Crippen LogP contribution in [0.1, 0.15) is 36.9 Å². The first-order chi connectivity index (χ1) is 7.88. The van der Waals surface area contributed by atoms with Gasteiger partial charge in [-0.25, -0.2) is 0 Å². The van der Waals surface area contributed by atoms with Gasteiger partial charge in [0.25, 0.3) is 0 Å². The Labute approximate surface area is 109 Å². The first-order valence-corrected chi connectivity index (χ1v) is 6.03. The number of carboxylic acid groups (broad SMARTS) is 1. The van der Waals surface area contributed by atoms with Gasteiger partial charge in [0.1, 0.15) is 11.8 Å². The molecule has 1 unspecified atom stereocenters. The zero-order valence-corrected chi connectivity index (χ0v) is 11.6. The Morgan fingerprint density at radius 1 is 1.47 bits per heavy atom. The third kappa shape index (κ3) is 2.98. The fourth-order valence-electron chi connectivity index (χ4n) is 1.48. The summed E-state index contributed by atoms with van der Waals surface area (Å²) in [4.78, 5) is 10.9. The Hall–Kier alpha value is -1.07. The third-order valence-electron chi connectivity index (χ3n) is 2.58. The number of benzene rings is 1. The highest BCUT2D eigenvalue weighted by atomic mass is 79.9. The highest BCUT2D eigenvalue weighted by Crippen LogP contribution is 2.35. The van der Waals surface area contributed by atoms with E-state index in [1.54, 1.807) is 13.2 Å². The van der Waals surface area contributed by atoms with Crippen LogP contribution in [0.3, 0.4) is 0 Å². The minimum absolute atomic E-state index is 0.275. The molecule has 1 atom stereocenters. The summed E-state index contributed by atoms with van der Waals surface area (Å²) in [5.74, 6) is -0.187. The summed E-state index contributed by atoms with van der Waals surface area (Å²) < 4.78 is 5.81. The van der Waals surface area contributed by atoms with Crippen molar-refractivity contribution in [3.63, 3.8) is 0 Å². The molecular weight excluding hydrogens is 286 g/mol. The van der Waals surface area contributed by atoms with Crippen molar-refractivity contribution in [2.24, 2.45) is 5.73 Å². The van der Waals surface area contributed by atoms with Crippen molar-refractivity contribution in [1.29, 1.82) is 0 Å². The van der Waals surface area contributed by atoms with Crippen LogP contribution >= 0.6 is 15.9 Å². The highest BCUT2D eigenvalue weighted by molar-refractivity contribution is 9.10. The topological polar surface area (TPSA) is 72.5 Å². The maximum absolute atomic E-state index is 10.9. The number of halogens is 1. The van der Waals surface area contributed by atoms with Crippen LogP contribution in [0.5, 0.6) is 5.75 Å². The molecule has 4 nitrogen and oxygen atoms in total. The Morgan fingerprint density at radius 3 is 2.47 bits per heavy atom. The molecule has 0 aliphatic rings. The molecule has 0 fully saturated rings. The van der Waals surface area contributed by atoms with Crippen LogP contribution in [-0.4, -0.2) is 18.2 Å². The van der Waals surface area contributed by atoms with E-state index in [2.05, 4.69) is 15.9 Å². The molecule has 0 amide bonds. The number of carboxylic acids is 1. The minimum atomic E-state index is -1.06. The number of hydrogen-bond donors (Lipinski definition) is 2. The smallest absolute Gasteiger partial charge is 0.325 e. The lowest BCUT2D eigenvalue weighted by Gasteiger charge is -2.16. The summed E-state index contributed by atoms with van der Waals surface area (Å²) in [5, 5.41) is 8.97. The average Bonchev–Trinajstić information content (AvgIpc) is 2.27. The molecule has 1 rings (SSSR count). The molecule has 0 bridgehead atoms. The normalized spacial score (nSPS) is 12.6. The van der Waals surface area contributed by atoms with Gasteiger partial charge >= 0.3 is 5.97 Å². The second kappa shape index (κ2) is 5.51. The molecule has 0 aromatic heterocycles. The van der Waals surface area contributed by atoms with Gasteiger partial charge in [0, 0.05) is 0 Å². The van der Waals surface area contributed by atoms with E-state index in [1.807, 2.05) is 19.9 Å². The molecule has 0 aliphatic heterocycles. The van der Waals surface area contributed by atoms with Crippen molar-refractivity contribution in [2.75, 3.05) is 7.11 Å². The van der Waals surface area contributed by atoms with Crippen LogP contribution in [-0.2, 0) is 4.79 Å². The van der Waals surface area contributed by atoms with E-state index in [0.29, 0.717) is 15.8 Å². The number of nitrogens with two attached hydrogens (primary N) is 1. The van der Waals surface area contributed by atoms with E-state index in [4.69, 9.17) is 15.6 Å². The fourth-order valence-corrected chi connectivity index (χ4v) is 2.12. The second-order valence-corrected chi connectivity index (χ2v) is 4.89. The summed E-state index contributed by atoms with van der Waals surface area (Å²) in [6.45, 7) is 4.05. The molecule has 3 N–H and O–H groups in total. The van der Waals surface area contributed by atoms with Gasteiger partial charge in [-0.05, 0) is 39.0 Å². The van der Waals surface area contributed by atoms with Crippen molar-refractivity contribution < 1.29 is 14.6 Å².